The summed E-state index contributed by atoms with van der Waals surface area (Å²) in [5.74, 6) is 2.12. The zero-order valence-corrected chi connectivity index (χ0v) is 14.6. The smallest absolute Gasteiger partial charge is 0.267 e. The van der Waals surface area contributed by atoms with Gasteiger partial charge in [0.25, 0.3) is 5.91 Å². The van der Waals surface area contributed by atoms with Crippen LogP contribution in [-0.4, -0.2) is 16.8 Å². The van der Waals surface area contributed by atoms with Crippen molar-refractivity contribution in [3.05, 3.63) is 63.3 Å². The third-order valence-electron chi connectivity index (χ3n) is 3.17. The highest BCUT2D eigenvalue weighted by Gasteiger charge is 2.12. The molecule has 2 N–H and O–H groups in total. The molecular formula is C18H13N3O2S2. The fourth-order valence-corrected chi connectivity index (χ4v) is 3.39. The number of terminal acetylenes is 1. The van der Waals surface area contributed by atoms with Crippen LogP contribution in [0.2, 0.25) is 0 Å². The number of rotatable bonds is 5. The average molecular weight is 367 g/mol. The quantitative estimate of drug-likeness (QED) is 0.677. The second kappa shape index (κ2) is 7.75. The molecule has 0 aliphatic rings. The van der Waals surface area contributed by atoms with Crippen molar-refractivity contribution in [2.45, 2.75) is 6.42 Å². The monoisotopic (exact) mass is 367 g/mol. The molecule has 0 atom stereocenters. The molecule has 0 aliphatic heterocycles. The number of hydrogen-bond acceptors (Lipinski definition) is 5. The molecule has 7 heteroatoms. The molecule has 2 amide bonds. The summed E-state index contributed by atoms with van der Waals surface area (Å²) >= 11 is 2.64. The van der Waals surface area contributed by atoms with Gasteiger partial charge in [-0.3, -0.25) is 14.9 Å². The molecule has 0 radical (unpaired) electrons. The zero-order valence-electron chi connectivity index (χ0n) is 13.0. The molecule has 0 fully saturated rings. The van der Waals surface area contributed by atoms with E-state index in [0.717, 1.165) is 0 Å². The molecule has 0 saturated heterocycles. The van der Waals surface area contributed by atoms with Crippen LogP contribution in [0.5, 0.6) is 0 Å². The van der Waals surface area contributed by atoms with Crippen molar-refractivity contribution in [3.63, 3.8) is 0 Å². The fraction of sp³-hybridized carbons (Fsp3) is 0.0556. The number of carbonyl (C=O) groups is 2. The van der Waals surface area contributed by atoms with E-state index in [1.165, 1.54) is 22.7 Å². The first kappa shape index (κ1) is 16.9. The van der Waals surface area contributed by atoms with E-state index in [4.69, 9.17) is 6.42 Å². The molecule has 124 valence electrons. The van der Waals surface area contributed by atoms with Crippen molar-refractivity contribution >= 4 is 45.3 Å². The van der Waals surface area contributed by atoms with Crippen LogP contribution >= 0.6 is 22.7 Å². The average Bonchev–Trinajstić information content (AvgIpc) is 3.27. The summed E-state index contributed by atoms with van der Waals surface area (Å²) in [7, 11) is 0. The number of aromatic nitrogens is 1. The lowest BCUT2D eigenvalue weighted by molar-refractivity contribution is -0.115. The molecule has 0 aliphatic carbocycles. The number of benzene rings is 1. The van der Waals surface area contributed by atoms with Crippen molar-refractivity contribution < 1.29 is 9.59 Å². The molecule has 0 bridgehead atoms. The maximum atomic E-state index is 12.1. The highest BCUT2D eigenvalue weighted by Crippen LogP contribution is 2.19. The minimum Gasteiger partial charge on any atom is -0.326 e. The SMILES string of the molecule is C#Cc1cccc(NC(=O)Cc2csc(NC(=O)c3cccs3)n2)c1. The standard InChI is InChI=1S/C18H13N3O2S2/c1-2-12-5-3-6-13(9-12)19-16(22)10-14-11-25-18(20-14)21-17(23)15-7-4-8-24-15/h1,3-9,11H,10H2,(H,19,22)(H,20,21,23). The van der Waals surface area contributed by atoms with Crippen LogP contribution in [0.3, 0.4) is 0 Å². The fourth-order valence-electron chi connectivity index (χ4n) is 2.07. The van der Waals surface area contributed by atoms with Gasteiger partial charge in [-0.05, 0) is 29.6 Å². The molecule has 2 aromatic heterocycles. The summed E-state index contributed by atoms with van der Waals surface area (Å²) in [5, 5.41) is 9.56. The Morgan fingerprint density at radius 1 is 1.16 bits per heavy atom. The van der Waals surface area contributed by atoms with Crippen molar-refractivity contribution in [2.24, 2.45) is 0 Å². The third kappa shape index (κ3) is 4.53. The Labute approximate surface area is 152 Å². The topological polar surface area (TPSA) is 71.1 Å². The van der Waals surface area contributed by atoms with Gasteiger partial charge >= 0.3 is 0 Å². The van der Waals surface area contributed by atoms with E-state index in [1.54, 1.807) is 35.7 Å². The number of thiazole rings is 1. The largest absolute Gasteiger partial charge is 0.326 e. The number of nitrogens with one attached hydrogen (secondary N) is 2. The zero-order chi connectivity index (χ0) is 17.6. The minimum atomic E-state index is -0.202. The van der Waals surface area contributed by atoms with Crippen molar-refractivity contribution in [2.75, 3.05) is 10.6 Å². The molecule has 0 unspecified atom stereocenters. The first-order valence-electron chi connectivity index (χ1n) is 7.30. The van der Waals surface area contributed by atoms with Gasteiger partial charge in [0.05, 0.1) is 17.0 Å². The Bertz CT molecular complexity index is 939. The Morgan fingerprint density at radius 3 is 2.80 bits per heavy atom. The van der Waals surface area contributed by atoms with Gasteiger partial charge in [0.2, 0.25) is 5.91 Å². The van der Waals surface area contributed by atoms with Gasteiger partial charge < -0.3 is 5.32 Å². The second-order valence-electron chi connectivity index (χ2n) is 5.03. The highest BCUT2D eigenvalue weighted by atomic mass is 32.1. The highest BCUT2D eigenvalue weighted by molar-refractivity contribution is 7.14. The molecule has 1 aromatic carbocycles. The van der Waals surface area contributed by atoms with Crippen LogP contribution in [0.15, 0.2) is 47.2 Å². The predicted octanol–water partition coefficient (Wildman–Crippen LogP) is 3.62. The normalized spacial score (nSPS) is 10.0. The van der Waals surface area contributed by atoms with Gasteiger partial charge in [-0.25, -0.2) is 4.98 Å². The summed E-state index contributed by atoms with van der Waals surface area (Å²) in [5.41, 5.74) is 1.93. The molecule has 3 rings (SSSR count). The molecule has 0 spiro atoms. The molecule has 5 nitrogen and oxygen atoms in total. The summed E-state index contributed by atoms with van der Waals surface area (Å²) in [6.07, 6.45) is 5.46. The van der Waals surface area contributed by atoms with Gasteiger partial charge in [-0.1, -0.05) is 18.1 Å². The van der Waals surface area contributed by atoms with Crippen LogP contribution in [0.1, 0.15) is 20.9 Å². The lowest BCUT2D eigenvalue weighted by Gasteiger charge is -2.04. The Hall–Kier alpha value is -2.95. The van der Waals surface area contributed by atoms with Gasteiger partial charge in [0, 0.05) is 16.6 Å². The summed E-state index contributed by atoms with van der Waals surface area (Å²) in [6, 6.07) is 10.6. The van der Waals surface area contributed by atoms with Gasteiger partial charge in [0.1, 0.15) is 0 Å². The predicted molar refractivity (Wildman–Crippen MR) is 101 cm³/mol. The summed E-state index contributed by atoms with van der Waals surface area (Å²) < 4.78 is 0. The van der Waals surface area contributed by atoms with Gasteiger partial charge in [0.15, 0.2) is 5.13 Å². The first-order chi connectivity index (χ1) is 12.1. The number of thiophene rings is 1. The van der Waals surface area contributed by atoms with Crippen LogP contribution in [0.4, 0.5) is 10.8 Å². The maximum absolute atomic E-state index is 12.1. The third-order valence-corrected chi connectivity index (χ3v) is 4.85. The number of carbonyl (C=O) groups excluding carboxylic acids is 2. The second-order valence-corrected chi connectivity index (χ2v) is 6.83. The Balaban J connectivity index is 1.58. The number of nitrogens with zero attached hydrogens (tertiary/aromatic N) is 1. The molecular weight excluding hydrogens is 354 g/mol. The number of anilines is 2. The van der Waals surface area contributed by atoms with Crippen LogP contribution in [0.25, 0.3) is 0 Å². The minimum absolute atomic E-state index is 0.117. The van der Waals surface area contributed by atoms with Crippen LogP contribution < -0.4 is 10.6 Å². The lowest BCUT2D eigenvalue weighted by atomic mass is 10.2. The van der Waals surface area contributed by atoms with Crippen molar-refractivity contribution in [3.8, 4) is 12.3 Å². The summed E-state index contributed by atoms with van der Waals surface area (Å²) in [6.45, 7) is 0. The van der Waals surface area contributed by atoms with E-state index in [1.807, 2.05) is 11.4 Å². The summed E-state index contributed by atoms with van der Waals surface area (Å²) in [4.78, 5) is 29.0. The Kier molecular flexibility index (Phi) is 5.23. The molecule has 25 heavy (non-hydrogen) atoms. The number of amides is 2. The lowest BCUT2D eigenvalue weighted by Crippen LogP contribution is -2.15. The molecule has 0 saturated carbocycles. The maximum Gasteiger partial charge on any atom is 0.267 e. The van der Waals surface area contributed by atoms with Crippen molar-refractivity contribution in [1.29, 1.82) is 0 Å². The van der Waals surface area contributed by atoms with E-state index in [9.17, 15) is 9.59 Å². The Morgan fingerprint density at radius 2 is 2.04 bits per heavy atom. The molecule has 3 aromatic rings. The van der Waals surface area contributed by atoms with Crippen molar-refractivity contribution in [1.82, 2.24) is 4.98 Å². The van der Waals surface area contributed by atoms with Crippen LogP contribution in [-0.2, 0) is 11.2 Å². The first-order valence-corrected chi connectivity index (χ1v) is 9.06. The van der Waals surface area contributed by atoms with E-state index >= 15 is 0 Å². The van der Waals surface area contributed by atoms with E-state index in [2.05, 4.69) is 21.5 Å². The number of hydrogen-bond donors (Lipinski definition) is 2. The van der Waals surface area contributed by atoms with Gasteiger partial charge in [-0.2, -0.15) is 0 Å². The van der Waals surface area contributed by atoms with E-state index in [-0.39, 0.29) is 18.2 Å². The van der Waals surface area contributed by atoms with Crippen LogP contribution in [0, 0.1) is 12.3 Å². The molecule has 2 heterocycles. The van der Waals surface area contributed by atoms with E-state index in [0.29, 0.717) is 27.0 Å². The van der Waals surface area contributed by atoms with Gasteiger partial charge in [-0.15, -0.1) is 29.1 Å². The van der Waals surface area contributed by atoms with E-state index < -0.39 is 0 Å².